The van der Waals surface area contributed by atoms with Gasteiger partial charge in [0.15, 0.2) is 0 Å². The summed E-state index contributed by atoms with van der Waals surface area (Å²) in [5.41, 5.74) is 2.14. The van der Waals surface area contributed by atoms with E-state index in [1.165, 1.54) is 30.0 Å². The second-order valence-electron chi connectivity index (χ2n) is 8.90. The second-order valence-corrected chi connectivity index (χ2v) is 10.6. The second kappa shape index (κ2) is 14.3. The van der Waals surface area contributed by atoms with Gasteiger partial charge < -0.3 is 16.0 Å². The summed E-state index contributed by atoms with van der Waals surface area (Å²) >= 11 is 7.16. The molecule has 6 nitrogen and oxygen atoms in total. The molecular weight excluding hydrogens is 561 g/mol. The lowest BCUT2D eigenvalue weighted by Crippen LogP contribution is -2.30. The van der Waals surface area contributed by atoms with Crippen LogP contribution in [-0.2, 0) is 9.59 Å². The van der Waals surface area contributed by atoms with Gasteiger partial charge in [-0.3, -0.25) is 14.4 Å². The number of thioether (sulfide) groups is 1. The number of halogens is 2. The van der Waals surface area contributed by atoms with Crippen molar-refractivity contribution in [1.82, 2.24) is 5.32 Å². The predicted molar refractivity (Wildman–Crippen MR) is 163 cm³/mol. The molecule has 0 bridgehead atoms. The van der Waals surface area contributed by atoms with Crippen LogP contribution in [-0.4, -0.2) is 23.0 Å². The maximum atomic E-state index is 13.5. The molecule has 0 fully saturated rings. The summed E-state index contributed by atoms with van der Waals surface area (Å²) in [4.78, 5) is 39.8. The molecule has 0 saturated heterocycles. The zero-order valence-electron chi connectivity index (χ0n) is 22.1. The Morgan fingerprint density at radius 3 is 2.22 bits per heavy atom. The summed E-state index contributed by atoms with van der Waals surface area (Å²) in [7, 11) is 0. The van der Waals surface area contributed by atoms with Crippen LogP contribution >= 0.6 is 23.4 Å². The highest BCUT2D eigenvalue weighted by Crippen LogP contribution is 2.29. The van der Waals surface area contributed by atoms with Crippen LogP contribution in [0.1, 0.15) is 29.3 Å². The molecular formula is C32H27ClFN3O3S. The van der Waals surface area contributed by atoms with Crippen molar-refractivity contribution in [3.05, 3.63) is 131 Å². The molecule has 0 spiro atoms. The number of amides is 3. The largest absolute Gasteiger partial charge is 0.325 e. The molecule has 41 heavy (non-hydrogen) atoms. The SMILES string of the molecule is CCC(Sc1cccc(NC(=O)/C(=C/c2ccccc2)NC(=O)c2ccccc2)c1)C(=O)Nc1ccc(F)c(Cl)c1. The van der Waals surface area contributed by atoms with Gasteiger partial charge in [0.25, 0.3) is 11.8 Å². The Balaban J connectivity index is 1.48. The van der Waals surface area contributed by atoms with E-state index >= 15 is 0 Å². The lowest BCUT2D eigenvalue weighted by molar-refractivity contribution is -0.116. The Labute approximate surface area is 247 Å². The van der Waals surface area contributed by atoms with Crippen molar-refractivity contribution in [1.29, 1.82) is 0 Å². The third-order valence-corrected chi connectivity index (χ3v) is 7.51. The molecule has 4 aromatic rings. The van der Waals surface area contributed by atoms with E-state index in [1.807, 2.05) is 43.3 Å². The van der Waals surface area contributed by atoms with Crippen molar-refractivity contribution in [2.24, 2.45) is 0 Å². The first-order valence-corrected chi connectivity index (χ1v) is 14.0. The maximum Gasteiger partial charge on any atom is 0.272 e. The van der Waals surface area contributed by atoms with Gasteiger partial charge in [-0.05, 0) is 66.6 Å². The third-order valence-electron chi connectivity index (χ3n) is 5.86. The predicted octanol–water partition coefficient (Wildman–Crippen LogP) is 7.40. The molecule has 3 N–H and O–H groups in total. The minimum Gasteiger partial charge on any atom is -0.325 e. The fraction of sp³-hybridized carbons (Fsp3) is 0.0938. The lowest BCUT2D eigenvalue weighted by atomic mass is 10.1. The van der Waals surface area contributed by atoms with E-state index in [2.05, 4.69) is 16.0 Å². The molecule has 208 valence electrons. The van der Waals surface area contributed by atoms with Crippen molar-refractivity contribution >= 4 is 58.5 Å². The van der Waals surface area contributed by atoms with Gasteiger partial charge in [-0.2, -0.15) is 0 Å². The summed E-state index contributed by atoms with van der Waals surface area (Å²) < 4.78 is 13.5. The summed E-state index contributed by atoms with van der Waals surface area (Å²) in [6, 6.07) is 28.9. The number of benzene rings is 4. The van der Waals surface area contributed by atoms with E-state index in [-0.39, 0.29) is 16.6 Å². The highest BCUT2D eigenvalue weighted by Gasteiger charge is 2.20. The van der Waals surface area contributed by atoms with E-state index in [1.54, 1.807) is 54.6 Å². The first-order valence-electron chi connectivity index (χ1n) is 12.8. The highest BCUT2D eigenvalue weighted by atomic mass is 35.5. The minimum absolute atomic E-state index is 0.0758. The van der Waals surface area contributed by atoms with E-state index in [0.29, 0.717) is 23.4 Å². The van der Waals surface area contributed by atoms with Crippen LogP contribution in [0.2, 0.25) is 5.02 Å². The number of anilines is 2. The van der Waals surface area contributed by atoms with Gasteiger partial charge in [-0.15, -0.1) is 11.8 Å². The smallest absolute Gasteiger partial charge is 0.272 e. The van der Waals surface area contributed by atoms with Gasteiger partial charge in [-0.1, -0.05) is 73.1 Å². The Morgan fingerprint density at radius 2 is 1.54 bits per heavy atom. The Hall–Kier alpha value is -4.40. The Kier molecular flexibility index (Phi) is 10.3. The summed E-state index contributed by atoms with van der Waals surface area (Å²) in [5.74, 6) is -1.73. The maximum absolute atomic E-state index is 13.5. The van der Waals surface area contributed by atoms with Gasteiger partial charge in [0.2, 0.25) is 5.91 Å². The number of carbonyl (C=O) groups excluding carboxylic acids is 3. The van der Waals surface area contributed by atoms with Crippen molar-refractivity contribution in [2.45, 2.75) is 23.5 Å². The highest BCUT2D eigenvalue weighted by molar-refractivity contribution is 8.00. The number of hydrogen-bond donors (Lipinski definition) is 3. The fourth-order valence-electron chi connectivity index (χ4n) is 3.79. The molecule has 0 saturated carbocycles. The topological polar surface area (TPSA) is 87.3 Å². The zero-order chi connectivity index (χ0) is 29.2. The molecule has 0 aliphatic carbocycles. The molecule has 9 heteroatoms. The lowest BCUT2D eigenvalue weighted by Gasteiger charge is -2.16. The first-order chi connectivity index (χ1) is 19.8. The molecule has 0 heterocycles. The molecule has 0 aliphatic heterocycles. The minimum atomic E-state index is -0.564. The normalized spacial score (nSPS) is 11.8. The average molecular weight is 588 g/mol. The third kappa shape index (κ3) is 8.54. The van der Waals surface area contributed by atoms with E-state index < -0.39 is 22.9 Å². The number of hydrogen-bond acceptors (Lipinski definition) is 4. The molecule has 0 radical (unpaired) electrons. The standard InChI is InChI=1S/C32H27ClFN3O3S/c1-2-29(32(40)36-24-16-17-27(34)26(33)20-24)41-25-15-9-14-23(19-25)35-31(39)28(18-21-10-5-3-6-11-21)37-30(38)22-12-7-4-8-13-22/h3-20,29H,2H2,1H3,(H,35,39)(H,36,40)(H,37,38)/b28-18-. The van der Waals surface area contributed by atoms with Gasteiger partial charge in [-0.25, -0.2) is 4.39 Å². The molecule has 0 aromatic heterocycles. The van der Waals surface area contributed by atoms with Crippen molar-refractivity contribution < 1.29 is 18.8 Å². The summed E-state index contributed by atoms with van der Waals surface area (Å²) in [5, 5.41) is 7.81. The van der Waals surface area contributed by atoms with Gasteiger partial charge >= 0.3 is 0 Å². The Bertz CT molecular complexity index is 1570. The summed E-state index contributed by atoms with van der Waals surface area (Å²) in [6.07, 6.45) is 2.13. The molecule has 1 unspecified atom stereocenters. The van der Waals surface area contributed by atoms with Crippen molar-refractivity contribution in [2.75, 3.05) is 10.6 Å². The van der Waals surface area contributed by atoms with E-state index in [0.717, 1.165) is 10.5 Å². The van der Waals surface area contributed by atoms with Crippen molar-refractivity contribution in [3.63, 3.8) is 0 Å². The van der Waals surface area contributed by atoms with Crippen LogP contribution in [0.25, 0.3) is 6.08 Å². The van der Waals surface area contributed by atoms with Crippen LogP contribution in [0.15, 0.2) is 114 Å². The molecule has 0 aliphatic rings. The van der Waals surface area contributed by atoms with Gasteiger partial charge in [0.1, 0.15) is 11.5 Å². The van der Waals surface area contributed by atoms with Gasteiger partial charge in [0.05, 0.1) is 10.3 Å². The Morgan fingerprint density at radius 1 is 0.854 bits per heavy atom. The van der Waals surface area contributed by atoms with Crippen LogP contribution in [0.4, 0.5) is 15.8 Å². The molecule has 4 rings (SSSR count). The monoisotopic (exact) mass is 587 g/mol. The van der Waals surface area contributed by atoms with Crippen LogP contribution < -0.4 is 16.0 Å². The van der Waals surface area contributed by atoms with Crippen LogP contribution in [0.3, 0.4) is 0 Å². The van der Waals surface area contributed by atoms with E-state index in [9.17, 15) is 18.8 Å². The molecule has 3 amide bonds. The average Bonchev–Trinajstić information content (AvgIpc) is 2.98. The fourth-order valence-corrected chi connectivity index (χ4v) is 4.98. The van der Waals surface area contributed by atoms with Crippen molar-refractivity contribution in [3.8, 4) is 0 Å². The number of rotatable bonds is 10. The number of nitrogens with one attached hydrogen (secondary N) is 3. The van der Waals surface area contributed by atoms with E-state index in [4.69, 9.17) is 11.6 Å². The quantitative estimate of drug-likeness (QED) is 0.133. The molecule has 1 atom stereocenters. The van der Waals surface area contributed by atoms with Crippen LogP contribution in [0.5, 0.6) is 0 Å². The number of carbonyl (C=O) groups is 3. The van der Waals surface area contributed by atoms with Crippen LogP contribution in [0, 0.1) is 5.82 Å². The summed E-state index contributed by atoms with van der Waals surface area (Å²) in [6.45, 7) is 1.89. The molecule has 4 aromatic carbocycles. The first kappa shape index (κ1) is 29.6. The van der Waals surface area contributed by atoms with Gasteiger partial charge in [0, 0.05) is 21.8 Å². The zero-order valence-corrected chi connectivity index (χ0v) is 23.6.